The molecule has 0 aliphatic carbocycles. The Kier molecular flexibility index (Phi) is 6.65. The van der Waals surface area contributed by atoms with Gasteiger partial charge in [0.2, 0.25) is 5.91 Å². The van der Waals surface area contributed by atoms with Crippen molar-refractivity contribution in [1.82, 2.24) is 14.4 Å². The van der Waals surface area contributed by atoms with Crippen LogP contribution >= 0.6 is 11.8 Å². The van der Waals surface area contributed by atoms with Crippen LogP contribution in [-0.4, -0.2) is 58.2 Å². The molecule has 8 heteroatoms. The van der Waals surface area contributed by atoms with Gasteiger partial charge in [0.05, 0.1) is 12.0 Å². The van der Waals surface area contributed by atoms with Crippen molar-refractivity contribution in [3.63, 3.8) is 0 Å². The number of nitrogens with zero attached hydrogens (tertiary/aromatic N) is 3. The molecule has 0 N–H and O–H groups in total. The Hall–Kier alpha value is -3.00. The number of likely N-dealkylation sites (tertiary alicyclic amines) is 1. The molecule has 2 aromatic rings. The SMILES string of the molecule is COc1ccc(-n2c(C)cc(/C=C3\SC(=O)N(CC(=O)N4CCC(C)CC4)C3=O)c2C)cc1. The minimum absolute atomic E-state index is 0.164. The summed E-state index contributed by atoms with van der Waals surface area (Å²) in [5.41, 5.74) is 3.82. The molecule has 0 unspecified atom stereocenters. The quantitative estimate of drug-likeness (QED) is 0.610. The van der Waals surface area contributed by atoms with Crippen molar-refractivity contribution < 1.29 is 19.1 Å². The van der Waals surface area contributed by atoms with Crippen LogP contribution in [-0.2, 0) is 9.59 Å². The van der Waals surface area contributed by atoms with Crippen molar-refractivity contribution in [1.29, 1.82) is 0 Å². The smallest absolute Gasteiger partial charge is 0.294 e. The van der Waals surface area contributed by atoms with Crippen LogP contribution < -0.4 is 4.74 Å². The molecule has 2 saturated heterocycles. The average Bonchev–Trinajstić information content (AvgIpc) is 3.23. The van der Waals surface area contributed by atoms with Gasteiger partial charge < -0.3 is 14.2 Å². The van der Waals surface area contributed by atoms with Gasteiger partial charge in [0.15, 0.2) is 0 Å². The monoisotopic (exact) mass is 467 g/mol. The van der Waals surface area contributed by atoms with E-state index in [2.05, 4.69) is 11.5 Å². The molecule has 3 amide bonds. The minimum atomic E-state index is -0.405. The zero-order valence-electron chi connectivity index (χ0n) is 19.5. The van der Waals surface area contributed by atoms with Gasteiger partial charge in [0.25, 0.3) is 11.1 Å². The number of piperidine rings is 1. The molecule has 7 nitrogen and oxygen atoms in total. The molecule has 1 aromatic carbocycles. The standard InChI is InChI=1S/C25H29N3O4S/c1-16-9-11-26(12-10-16)23(29)15-27-24(30)22(33-25(27)31)14-19-13-17(2)28(18(19)3)20-5-7-21(32-4)8-6-20/h5-8,13-14,16H,9-12,15H2,1-4H3/b22-14-. The highest BCUT2D eigenvalue weighted by molar-refractivity contribution is 8.18. The molecule has 0 spiro atoms. The molecule has 0 atom stereocenters. The number of amides is 3. The number of benzene rings is 1. The maximum atomic E-state index is 13.0. The Morgan fingerprint density at radius 3 is 2.45 bits per heavy atom. The first kappa shape index (κ1) is 23.2. The summed E-state index contributed by atoms with van der Waals surface area (Å²) in [5.74, 6) is 0.816. The average molecular weight is 468 g/mol. The molecule has 3 heterocycles. The fourth-order valence-electron chi connectivity index (χ4n) is 4.33. The molecular weight excluding hydrogens is 438 g/mol. The lowest BCUT2D eigenvalue weighted by Gasteiger charge is -2.31. The van der Waals surface area contributed by atoms with Crippen molar-refractivity contribution in [2.75, 3.05) is 26.7 Å². The first-order valence-electron chi connectivity index (χ1n) is 11.1. The Labute approximate surface area is 198 Å². The lowest BCUT2D eigenvalue weighted by molar-refractivity contribution is -0.136. The van der Waals surface area contributed by atoms with E-state index in [1.54, 1.807) is 18.1 Å². The second-order valence-electron chi connectivity index (χ2n) is 8.69. The zero-order chi connectivity index (χ0) is 23.7. The second-order valence-corrected chi connectivity index (χ2v) is 9.68. The van der Waals surface area contributed by atoms with Crippen LogP contribution in [0.3, 0.4) is 0 Å². The molecule has 2 aliphatic rings. The van der Waals surface area contributed by atoms with Crippen molar-refractivity contribution >= 4 is 34.9 Å². The topological polar surface area (TPSA) is 71.8 Å². The second kappa shape index (κ2) is 9.47. The molecule has 174 valence electrons. The minimum Gasteiger partial charge on any atom is -0.497 e. The molecule has 33 heavy (non-hydrogen) atoms. The Balaban J connectivity index is 1.52. The van der Waals surface area contributed by atoms with E-state index in [1.807, 2.05) is 44.2 Å². The largest absolute Gasteiger partial charge is 0.497 e. The van der Waals surface area contributed by atoms with Crippen molar-refractivity contribution in [2.24, 2.45) is 5.92 Å². The normalized spacial score (nSPS) is 18.5. The summed E-state index contributed by atoms with van der Waals surface area (Å²) in [4.78, 5) is 41.3. The number of hydrogen-bond acceptors (Lipinski definition) is 5. The summed E-state index contributed by atoms with van der Waals surface area (Å²) in [7, 11) is 1.63. The molecule has 2 fully saturated rings. The fourth-order valence-corrected chi connectivity index (χ4v) is 5.16. The number of ether oxygens (including phenoxy) is 1. The maximum absolute atomic E-state index is 13.0. The van der Waals surface area contributed by atoms with E-state index in [0.717, 1.165) is 57.9 Å². The van der Waals surface area contributed by atoms with E-state index in [9.17, 15) is 14.4 Å². The summed E-state index contributed by atoms with van der Waals surface area (Å²) in [6.07, 6.45) is 3.66. The van der Waals surface area contributed by atoms with Crippen molar-refractivity contribution in [3.05, 3.63) is 52.2 Å². The third kappa shape index (κ3) is 4.71. The highest BCUT2D eigenvalue weighted by Gasteiger charge is 2.37. The van der Waals surface area contributed by atoms with Gasteiger partial charge >= 0.3 is 0 Å². The van der Waals surface area contributed by atoms with E-state index < -0.39 is 11.1 Å². The first-order valence-corrected chi connectivity index (χ1v) is 12.0. The van der Waals surface area contributed by atoms with Crippen LogP contribution in [0.15, 0.2) is 35.2 Å². The first-order chi connectivity index (χ1) is 15.8. The third-order valence-electron chi connectivity index (χ3n) is 6.39. The summed E-state index contributed by atoms with van der Waals surface area (Å²) in [6, 6.07) is 9.75. The molecule has 0 bridgehead atoms. The Morgan fingerprint density at radius 1 is 1.15 bits per heavy atom. The van der Waals surface area contributed by atoms with Crippen molar-refractivity contribution in [2.45, 2.75) is 33.6 Å². The van der Waals surface area contributed by atoms with Gasteiger partial charge in [-0.15, -0.1) is 0 Å². The predicted octanol–water partition coefficient (Wildman–Crippen LogP) is 4.40. The number of methoxy groups -OCH3 is 1. The van der Waals surface area contributed by atoms with Gasteiger partial charge in [0, 0.05) is 30.2 Å². The lowest BCUT2D eigenvalue weighted by Crippen LogP contribution is -2.45. The number of thioether (sulfide) groups is 1. The number of hydrogen-bond donors (Lipinski definition) is 0. The van der Waals surface area contributed by atoms with Crippen LogP contribution in [0.2, 0.25) is 0 Å². The number of carbonyl (C=O) groups excluding carboxylic acids is 3. The van der Waals surface area contributed by atoms with Crippen LogP contribution in [0, 0.1) is 19.8 Å². The van der Waals surface area contributed by atoms with Crippen LogP contribution in [0.1, 0.15) is 36.7 Å². The maximum Gasteiger partial charge on any atom is 0.294 e. The van der Waals surface area contributed by atoms with Gasteiger partial charge in [-0.25, -0.2) is 0 Å². The lowest BCUT2D eigenvalue weighted by atomic mass is 9.99. The number of rotatable bonds is 5. The molecule has 4 rings (SSSR count). The van der Waals surface area contributed by atoms with E-state index in [4.69, 9.17) is 4.74 Å². The van der Waals surface area contributed by atoms with Gasteiger partial charge in [0.1, 0.15) is 12.3 Å². The van der Waals surface area contributed by atoms with Gasteiger partial charge in [-0.05, 0) is 86.3 Å². The zero-order valence-corrected chi connectivity index (χ0v) is 20.3. The van der Waals surface area contributed by atoms with Gasteiger partial charge in [-0.3, -0.25) is 19.3 Å². The summed E-state index contributed by atoms with van der Waals surface area (Å²) in [6.45, 7) is 7.33. The fraction of sp³-hybridized carbons (Fsp3) is 0.400. The summed E-state index contributed by atoms with van der Waals surface area (Å²) < 4.78 is 7.33. The highest BCUT2D eigenvalue weighted by Crippen LogP contribution is 2.34. The predicted molar refractivity (Wildman–Crippen MR) is 129 cm³/mol. The molecule has 0 radical (unpaired) electrons. The van der Waals surface area contributed by atoms with Gasteiger partial charge in [-0.2, -0.15) is 0 Å². The van der Waals surface area contributed by atoms with E-state index in [1.165, 1.54) is 0 Å². The van der Waals surface area contributed by atoms with Crippen LogP contribution in [0.25, 0.3) is 11.8 Å². The van der Waals surface area contributed by atoms with Crippen LogP contribution in [0.4, 0.5) is 4.79 Å². The van der Waals surface area contributed by atoms with E-state index in [0.29, 0.717) is 23.9 Å². The van der Waals surface area contributed by atoms with Crippen LogP contribution in [0.5, 0.6) is 5.75 Å². The highest BCUT2D eigenvalue weighted by atomic mass is 32.2. The summed E-state index contributed by atoms with van der Waals surface area (Å²) in [5, 5.41) is -0.395. The molecule has 2 aliphatic heterocycles. The number of aryl methyl sites for hydroxylation is 1. The Morgan fingerprint density at radius 2 is 1.82 bits per heavy atom. The van der Waals surface area contributed by atoms with E-state index >= 15 is 0 Å². The van der Waals surface area contributed by atoms with Gasteiger partial charge in [-0.1, -0.05) is 6.92 Å². The molecule has 1 aromatic heterocycles. The Bertz CT molecular complexity index is 1110. The molecule has 0 saturated carbocycles. The third-order valence-corrected chi connectivity index (χ3v) is 7.30. The van der Waals surface area contributed by atoms with E-state index in [-0.39, 0.29) is 12.5 Å². The summed E-state index contributed by atoms with van der Waals surface area (Å²) >= 11 is 0.892. The van der Waals surface area contributed by atoms with Crippen molar-refractivity contribution in [3.8, 4) is 11.4 Å². The number of carbonyl (C=O) groups is 3. The number of imide groups is 1. The number of aromatic nitrogens is 1. The molecular formula is C25H29N3O4S.